The van der Waals surface area contributed by atoms with E-state index in [1.807, 2.05) is 0 Å². The molecule has 0 radical (unpaired) electrons. The molecule has 0 spiro atoms. The third-order valence-electron chi connectivity index (χ3n) is 7.14. The fourth-order valence-corrected chi connectivity index (χ4v) is 5.64. The number of nitrogens with two attached hydrogens (primary N) is 1. The zero-order valence-electron chi connectivity index (χ0n) is 14.6. The number of fused-ring (bicyclic) bond motifs is 3. The Morgan fingerprint density at radius 1 is 1.32 bits per heavy atom. The highest BCUT2D eigenvalue weighted by atomic mass is 16.1. The molecule has 2 nitrogen and oxygen atoms in total. The number of carbonyl (C=O) groups is 1. The van der Waals surface area contributed by atoms with E-state index in [4.69, 9.17) is 5.73 Å². The van der Waals surface area contributed by atoms with Crippen molar-refractivity contribution >= 4 is 5.91 Å². The standard InChI is InChI=1S/C20H31NO/c1-13(2)14-6-8-16-15(12-14)7-9-17-19(16,3)10-5-11-20(17,4)18(21)22/h7,12-13,16-17H,5-6,8-11H2,1-4H3,(H2,21,22)/t16-,17+,19+,20+/m0/s1. The van der Waals surface area contributed by atoms with E-state index in [-0.39, 0.29) is 16.7 Å². The maximum absolute atomic E-state index is 12.2. The second-order valence-electron chi connectivity index (χ2n) is 8.60. The van der Waals surface area contributed by atoms with Gasteiger partial charge in [0.15, 0.2) is 0 Å². The minimum atomic E-state index is -0.322. The first-order valence-electron chi connectivity index (χ1n) is 8.99. The quantitative estimate of drug-likeness (QED) is 0.795. The van der Waals surface area contributed by atoms with Gasteiger partial charge in [0.25, 0.3) is 0 Å². The van der Waals surface area contributed by atoms with Gasteiger partial charge in [0.1, 0.15) is 0 Å². The average molecular weight is 301 g/mol. The molecule has 0 bridgehead atoms. The first kappa shape index (κ1) is 15.8. The van der Waals surface area contributed by atoms with E-state index in [1.54, 1.807) is 11.1 Å². The predicted octanol–water partition coefficient (Wildman–Crippen LogP) is 4.61. The van der Waals surface area contributed by atoms with Gasteiger partial charge in [0.05, 0.1) is 0 Å². The van der Waals surface area contributed by atoms with Crippen molar-refractivity contribution in [1.82, 2.24) is 0 Å². The third kappa shape index (κ3) is 2.18. The largest absolute Gasteiger partial charge is 0.369 e. The summed E-state index contributed by atoms with van der Waals surface area (Å²) in [5.41, 5.74) is 8.88. The van der Waals surface area contributed by atoms with Gasteiger partial charge in [-0.05, 0) is 60.8 Å². The van der Waals surface area contributed by atoms with Crippen LogP contribution in [0.15, 0.2) is 23.3 Å². The molecule has 1 amide bonds. The van der Waals surface area contributed by atoms with Crippen LogP contribution in [0.4, 0.5) is 0 Å². The number of amides is 1. The molecule has 0 aromatic rings. The van der Waals surface area contributed by atoms with E-state index in [2.05, 4.69) is 39.8 Å². The molecule has 2 heteroatoms. The lowest BCUT2D eigenvalue weighted by Gasteiger charge is -2.57. The van der Waals surface area contributed by atoms with Crippen LogP contribution in [0.1, 0.15) is 66.2 Å². The number of primary amides is 1. The monoisotopic (exact) mass is 301 g/mol. The molecule has 2 N–H and O–H groups in total. The van der Waals surface area contributed by atoms with Crippen molar-refractivity contribution in [2.75, 3.05) is 0 Å². The van der Waals surface area contributed by atoms with Crippen LogP contribution in [0.5, 0.6) is 0 Å². The summed E-state index contributed by atoms with van der Waals surface area (Å²) in [5, 5.41) is 0. The molecule has 1 saturated carbocycles. The lowest BCUT2D eigenvalue weighted by molar-refractivity contribution is -0.140. The van der Waals surface area contributed by atoms with Gasteiger partial charge in [-0.3, -0.25) is 4.79 Å². The van der Waals surface area contributed by atoms with Crippen LogP contribution in [0.3, 0.4) is 0 Å². The van der Waals surface area contributed by atoms with Gasteiger partial charge in [-0.2, -0.15) is 0 Å². The first-order chi connectivity index (χ1) is 10.3. The van der Waals surface area contributed by atoms with Crippen molar-refractivity contribution < 1.29 is 4.79 Å². The third-order valence-corrected chi connectivity index (χ3v) is 7.14. The Kier molecular flexibility index (Phi) is 3.78. The van der Waals surface area contributed by atoms with E-state index < -0.39 is 0 Å². The van der Waals surface area contributed by atoms with Crippen LogP contribution >= 0.6 is 0 Å². The summed E-state index contributed by atoms with van der Waals surface area (Å²) in [7, 11) is 0. The SMILES string of the molecule is CC(C)C1=CC2=CC[C@@H]3[C@](C)(CCC[C@@]3(C)C(N)=O)[C@H]2CC1. The van der Waals surface area contributed by atoms with Crippen molar-refractivity contribution in [3.63, 3.8) is 0 Å². The van der Waals surface area contributed by atoms with E-state index in [0.717, 1.165) is 19.3 Å². The van der Waals surface area contributed by atoms with Gasteiger partial charge < -0.3 is 5.73 Å². The summed E-state index contributed by atoms with van der Waals surface area (Å²) in [5.74, 6) is 1.59. The highest BCUT2D eigenvalue weighted by molar-refractivity contribution is 5.81. The maximum atomic E-state index is 12.2. The average Bonchev–Trinajstić information content (AvgIpc) is 2.46. The lowest BCUT2D eigenvalue weighted by atomic mass is 9.46. The first-order valence-corrected chi connectivity index (χ1v) is 8.99. The van der Waals surface area contributed by atoms with Crippen LogP contribution in [0.25, 0.3) is 0 Å². The summed E-state index contributed by atoms with van der Waals surface area (Å²) in [6.45, 7) is 9.15. The van der Waals surface area contributed by atoms with Crippen LogP contribution in [0.2, 0.25) is 0 Å². The molecule has 3 aliphatic carbocycles. The fourth-order valence-electron chi connectivity index (χ4n) is 5.64. The Morgan fingerprint density at radius 2 is 2.05 bits per heavy atom. The van der Waals surface area contributed by atoms with E-state index in [1.165, 1.54) is 19.3 Å². The van der Waals surface area contributed by atoms with Crippen LogP contribution < -0.4 is 5.73 Å². The fraction of sp³-hybridized carbons (Fsp3) is 0.750. The lowest BCUT2D eigenvalue weighted by Crippen LogP contribution is -2.54. The van der Waals surface area contributed by atoms with Crippen molar-refractivity contribution in [2.45, 2.75) is 66.2 Å². The van der Waals surface area contributed by atoms with Crippen molar-refractivity contribution in [3.8, 4) is 0 Å². The molecule has 3 rings (SSSR count). The molecule has 0 aliphatic heterocycles. The molecule has 0 heterocycles. The predicted molar refractivity (Wildman–Crippen MR) is 91.1 cm³/mol. The summed E-state index contributed by atoms with van der Waals surface area (Å²) in [6, 6.07) is 0. The second kappa shape index (κ2) is 5.25. The van der Waals surface area contributed by atoms with Gasteiger partial charge in [-0.15, -0.1) is 0 Å². The molecule has 3 aliphatic rings. The molecule has 0 saturated heterocycles. The highest BCUT2D eigenvalue weighted by Gasteiger charge is 2.56. The topological polar surface area (TPSA) is 43.1 Å². The molecule has 1 fully saturated rings. The molecule has 122 valence electrons. The molecular formula is C20H31NO. The van der Waals surface area contributed by atoms with Crippen LogP contribution in [0, 0.1) is 28.6 Å². The van der Waals surface area contributed by atoms with Crippen molar-refractivity contribution in [2.24, 2.45) is 34.3 Å². The van der Waals surface area contributed by atoms with Crippen LogP contribution in [-0.2, 0) is 4.79 Å². The summed E-state index contributed by atoms with van der Waals surface area (Å²) in [6.07, 6.45) is 11.7. The summed E-state index contributed by atoms with van der Waals surface area (Å²) in [4.78, 5) is 12.2. The van der Waals surface area contributed by atoms with E-state index >= 15 is 0 Å². The second-order valence-corrected chi connectivity index (χ2v) is 8.60. The van der Waals surface area contributed by atoms with Gasteiger partial charge in [0.2, 0.25) is 5.91 Å². The molecule has 22 heavy (non-hydrogen) atoms. The summed E-state index contributed by atoms with van der Waals surface area (Å²) < 4.78 is 0. The number of carbonyl (C=O) groups excluding carboxylic acids is 1. The summed E-state index contributed by atoms with van der Waals surface area (Å²) >= 11 is 0. The molecule has 0 aromatic heterocycles. The minimum Gasteiger partial charge on any atom is -0.369 e. The molecular weight excluding hydrogens is 270 g/mol. The van der Waals surface area contributed by atoms with Gasteiger partial charge >= 0.3 is 0 Å². The highest BCUT2D eigenvalue weighted by Crippen LogP contribution is 2.61. The van der Waals surface area contributed by atoms with Gasteiger partial charge in [-0.25, -0.2) is 0 Å². The van der Waals surface area contributed by atoms with Crippen LogP contribution in [-0.4, -0.2) is 5.91 Å². The van der Waals surface area contributed by atoms with E-state index in [0.29, 0.717) is 17.8 Å². The van der Waals surface area contributed by atoms with Crippen molar-refractivity contribution in [1.29, 1.82) is 0 Å². The molecule has 0 unspecified atom stereocenters. The van der Waals surface area contributed by atoms with Gasteiger partial charge in [-0.1, -0.05) is 51.8 Å². The zero-order valence-corrected chi connectivity index (χ0v) is 14.6. The Morgan fingerprint density at radius 3 is 2.68 bits per heavy atom. The number of hydrogen-bond acceptors (Lipinski definition) is 1. The smallest absolute Gasteiger partial charge is 0.223 e. The van der Waals surface area contributed by atoms with Crippen molar-refractivity contribution in [3.05, 3.63) is 23.3 Å². The van der Waals surface area contributed by atoms with E-state index in [9.17, 15) is 4.79 Å². The molecule has 4 atom stereocenters. The number of allylic oxidation sites excluding steroid dienone is 4. The number of hydrogen-bond donors (Lipinski definition) is 1. The molecule has 0 aromatic carbocycles. The Bertz CT molecular complexity index is 544. The minimum absolute atomic E-state index is 0.0884. The number of rotatable bonds is 2. The zero-order chi connectivity index (χ0) is 16.1. The normalized spacial score (nSPS) is 41.3. The Labute approximate surface area is 135 Å². The Balaban J connectivity index is 2.00. The van der Waals surface area contributed by atoms with Gasteiger partial charge in [0, 0.05) is 5.41 Å². The Hall–Kier alpha value is -1.05. The maximum Gasteiger partial charge on any atom is 0.223 e.